The molecule has 1 aromatic rings. The van der Waals surface area contributed by atoms with Crippen LogP contribution >= 0.6 is 0 Å². The van der Waals surface area contributed by atoms with E-state index in [1.807, 2.05) is 6.92 Å². The Bertz CT molecular complexity index is 265. The molecule has 78 valence electrons. The average molecular weight is 196 g/mol. The molecule has 0 aliphatic carbocycles. The van der Waals surface area contributed by atoms with Crippen LogP contribution < -0.4 is 16.6 Å². The number of aromatic nitrogens is 2. The lowest BCUT2D eigenvalue weighted by Gasteiger charge is -2.05. The van der Waals surface area contributed by atoms with Crippen LogP contribution in [-0.2, 0) is 6.42 Å². The Morgan fingerprint density at radius 1 is 1.71 bits per heavy atom. The van der Waals surface area contributed by atoms with Crippen molar-refractivity contribution in [3.63, 3.8) is 0 Å². The van der Waals surface area contributed by atoms with Gasteiger partial charge in [-0.25, -0.2) is 10.8 Å². The number of rotatable bonds is 4. The van der Waals surface area contributed by atoms with E-state index < -0.39 is 0 Å². The Hall–Kier alpha value is -1.56. The third kappa shape index (κ3) is 3.44. The third-order valence-corrected chi connectivity index (χ3v) is 1.65. The van der Waals surface area contributed by atoms with Gasteiger partial charge in [-0.3, -0.25) is 10.4 Å². The monoisotopic (exact) mass is 196 g/mol. The molecule has 0 radical (unpaired) electrons. The number of hydrogen-bond donors (Lipinski definition) is 4. The van der Waals surface area contributed by atoms with Gasteiger partial charge in [0, 0.05) is 31.9 Å². The largest absolute Gasteiger partial charge is 0.356 e. The zero-order chi connectivity index (χ0) is 10.2. The minimum atomic E-state index is 0.610. The van der Waals surface area contributed by atoms with E-state index in [9.17, 15) is 0 Å². The first-order chi connectivity index (χ1) is 6.86. The molecule has 0 aliphatic rings. The Kier molecular flexibility index (Phi) is 4.49. The van der Waals surface area contributed by atoms with E-state index in [2.05, 4.69) is 25.7 Å². The molecule has 0 saturated carbocycles. The number of imidazole rings is 1. The molecule has 1 aromatic heterocycles. The second-order valence-corrected chi connectivity index (χ2v) is 2.69. The fraction of sp³-hybridized carbons (Fsp3) is 0.500. The second-order valence-electron chi connectivity index (χ2n) is 2.69. The van der Waals surface area contributed by atoms with Crippen molar-refractivity contribution < 1.29 is 0 Å². The Labute approximate surface area is 83.0 Å². The van der Waals surface area contributed by atoms with E-state index >= 15 is 0 Å². The summed E-state index contributed by atoms with van der Waals surface area (Å²) in [4.78, 5) is 11.3. The van der Waals surface area contributed by atoms with Crippen molar-refractivity contribution in [3.05, 3.63) is 18.2 Å². The number of nitrogens with two attached hydrogens (primary N) is 1. The van der Waals surface area contributed by atoms with Gasteiger partial charge >= 0.3 is 0 Å². The predicted octanol–water partition coefficient (Wildman–Crippen LogP) is -0.619. The standard InChI is InChI=1S/C8H16N6/c1-2-10-8(14-9)13-4-3-7-11-5-6-12-7/h5-6H,2-4,9H2,1H3,(H,11,12)(H2,10,13,14). The molecule has 1 rings (SSSR count). The number of aliphatic imine (C=N–C) groups is 1. The highest BCUT2D eigenvalue weighted by atomic mass is 15.3. The molecule has 5 N–H and O–H groups in total. The number of hydrogen-bond acceptors (Lipinski definition) is 3. The minimum absolute atomic E-state index is 0.610. The number of nitrogens with one attached hydrogen (secondary N) is 3. The number of guanidine groups is 1. The summed E-state index contributed by atoms with van der Waals surface area (Å²) in [6.45, 7) is 3.43. The summed E-state index contributed by atoms with van der Waals surface area (Å²) in [5.74, 6) is 6.79. The van der Waals surface area contributed by atoms with Gasteiger partial charge in [0.1, 0.15) is 5.82 Å². The quantitative estimate of drug-likeness (QED) is 0.223. The maximum absolute atomic E-state index is 5.25. The summed E-state index contributed by atoms with van der Waals surface area (Å²) < 4.78 is 0. The lowest BCUT2D eigenvalue weighted by molar-refractivity contribution is 0.830. The van der Waals surface area contributed by atoms with Crippen LogP contribution in [0.1, 0.15) is 12.7 Å². The fourth-order valence-electron chi connectivity index (χ4n) is 1.03. The molecule has 14 heavy (non-hydrogen) atoms. The molecule has 0 aliphatic heterocycles. The first kappa shape index (κ1) is 10.5. The van der Waals surface area contributed by atoms with Gasteiger partial charge in [0.05, 0.1) is 0 Å². The van der Waals surface area contributed by atoms with Crippen LogP contribution in [0.4, 0.5) is 0 Å². The zero-order valence-electron chi connectivity index (χ0n) is 8.25. The average Bonchev–Trinajstić information content (AvgIpc) is 2.69. The molecule has 0 atom stereocenters. The maximum atomic E-state index is 5.25. The molecule has 0 bridgehead atoms. The molecule has 6 nitrogen and oxygen atoms in total. The molecular weight excluding hydrogens is 180 g/mol. The SMILES string of the molecule is CCNC(=NCCc1ncc[nH]1)NN. The molecule has 1 heterocycles. The first-order valence-corrected chi connectivity index (χ1v) is 4.60. The van der Waals surface area contributed by atoms with Crippen LogP contribution in [0.3, 0.4) is 0 Å². The number of nitrogens with zero attached hydrogens (tertiary/aromatic N) is 2. The number of H-pyrrole nitrogens is 1. The maximum Gasteiger partial charge on any atom is 0.205 e. The minimum Gasteiger partial charge on any atom is -0.356 e. The van der Waals surface area contributed by atoms with Gasteiger partial charge in [0.15, 0.2) is 0 Å². The summed E-state index contributed by atoms with van der Waals surface area (Å²) in [5.41, 5.74) is 2.49. The van der Waals surface area contributed by atoms with Crippen molar-refractivity contribution >= 4 is 5.96 Å². The third-order valence-electron chi connectivity index (χ3n) is 1.65. The van der Waals surface area contributed by atoms with E-state index in [4.69, 9.17) is 5.84 Å². The second kappa shape index (κ2) is 5.98. The molecule has 0 amide bonds. The Morgan fingerprint density at radius 3 is 3.14 bits per heavy atom. The highest BCUT2D eigenvalue weighted by Crippen LogP contribution is 1.89. The van der Waals surface area contributed by atoms with Crippen LogP contribution in [0.25, 0.3) is 0 Å². The van der Waals surface area contributed by atoms with Crippen molar-refractivity contribution in [2.75, 3.05) is 13.1 Å². The zero-order valence-corrected chi connectivity index (χ0v) is 8.25. The van der Waals surface area contributed by atoms with E-state index in [0.717, 1.165) is 18.8 Å². The predicted molar refractivity (Wildman–Crippen MR) is 55.6 cm³/mol. The number of hydrazine groups is 1. The highest BCUT2D eigenvalue weighted by molar-refractivity contribution is 5.79. The Balaban J connectivity index is 2.30. The van der Waals surface area contributed by atoms with Crippen LogP contribution in [0.2, 0.25) is 0 Å². The molecule has 0 spiro atoms. The van der Waals surface area contributed by atoms with Crippen molar-refractivity contribution in [3.8, 4) is 0 Å². The van der Waals surface area contributed by atoms with Crippen molar-refractivity contribution in [1.82, 2.24) is 20.7 Å². The topological polar surface area (TPSA) is 91.1 Å². The van der Waals surface area contributed by atoms with Crippen molar-refractivity contribution in [2.45, 2.75) is 13.3 Å². The highest BCUT2D eigenvalue weighted by Gasteiger charge is 1.95. The molecule has 0 saturated heterocycles. The summed E-state index contributed by atoms with van der Waals surface area (Å²) in [6.07, 6.45) is 4.31. The number of aromatic amines is 1. The molecule has 6 heteroatoms. The molecule has 0 fully saturated rings. The van der Waals surface area contributed by atoms with Gasteiger partial charge in [-0.15, -0.1) is 0 Å². The van der Waals surface area contributed by atoms with Crippen molar-refractivity contribution in [1.29, 1.82) is 0 Å². The lowest BCUT2D eigenvalue weighted by Crippen LogP contribution is -2.41. The van der Waals surface area contributed by atoms with Gasteiger partial charge in [0.25, 0.3) is 0 Å². The van der Waals surface area contributed by atoms with Crippen molar-refractivity contribution in [2.24, 2.45) is 10.8 Å². The van der Waals surface area contributed by atoms with Gasteiger partial charge in [-0.2, -0.15) is 0 Å². The van der Waals surface area contributed by atoms with E-state index in [0.29, 0.717) is 12.5 Å². The van der Waals surface area contributed by atoms with Crippen LogP contribution in [0.15, 0.2) is 17.4 Å². The molecule has 0 aromatic carbocycles. The molecule has 0 unspecified atom stereocenters. The van der Waals surface area contributed by atoms with Crippen LogP contribution in [0, 0.1) is 0 Å². The van der Waals surface area contributed by atoms with E-state index in [-0.39, 0.29) is 0 Å². The normalized spacial score (nSPS) is 11.4. The van der Waals surface area contributed by atoms with Gasteiger partial charge in [-0.05, 0) is 6.92 Å². The first-order valence-electron chi connectivity index (χ1n) is 4.60. The fourth-order valence-corrected chi connectivity index (χ4v) is 1.03. The van der Waals surface area contributed by atoms with Gasteiger partial charge in [0.2, 0.25) is 5.96 Å². The van der Waals surface area contributed by atoms with Crippen LogP contribution in [0.5, 0.6) is 0 Å². The summed E-state index contributed by atoms with van der Waals surface area (Å²) in [7, 11) is 0. The van der Waals surface area contributed by atoms with Gasteiger partial charge in [-0.1, -0.05) is 0 Å². The Morgan fingerprint density at radius 2 is 2.57 bits per heavy atom. The van der Waals surface area contributed by atoms with E-state index in [1.165, 1.54) is 0 Å². The van der Waals surface area contributed by atoms with Crippen LogP contribution in [-0.4, -0.2) is 29.0 Å². The smallest absolute Gasteiger partial charge is 0.205 e. The summed E-state index contributed by atoms with van der Waals surface area (Å²) in [6, 6.07) is 0. The molecular formula is C8H16N6. The van der Waals surface area contributed by atoms with E-state index in [1.54, 1.807) is 12.4 Å². The van der Waals surface area contributed by atoms with Gasteiger partial charge < -0.3 is 10.3 Å². The summed E-state index contributed by atoms with van der Waals surface area (Å²) >= 11 is 0. The lowest BCUT2D eigenvalue weighted by atomic mass is 10.4. The summed E-state index contributed by atoms with van der Waals surface area (Å²) in [5, 5.41) is 3.00.